The molecule has 9 heteroatoms. The van der Waals surface area contributed by atoms with Crippen LogP contribution in [0.4, 0.5) is 10.5 Å². The van der Waals surface area contributed by atoms with Crippen molar-refractivity contribution < 1.29 is 14.3 Å². The van der Waals surface area contributed by atoms with E-state index in [-0.39, 0.29) is 17.2 Å². The second-order valence-corrected chi connectivity index (χ2v) is 7.52. The molecule has 1 saturated heterocycles. The van der Waals surface area contributed by atoms with E-state index in [2.05, 4.69) is 5.32 Å². The zero-order valence-corrected chi connectivity index (χ0v) is 17.1. The van der Waals surface area contributed by atoms with E-state index in [4.69, 9.17) is 15.3 Å². The first-order valence-corrected chi connectivity index (χ1v) is 9.28. The number of carbonyl (C=O) groups is 2. The molecule has 1 aromatic rings. The molecule has 0 saturated carbocycles. The Labute approximate surface area is 175 Å². The van der Waals surface area contributed by atoms with Gasteiger partial charge < -0.3 is 19.9 Å². The third kappa shape index (κ3) is 5.50. The Hall–Kier alpha value is -4.03. The highest BCUT2D eigenvalue weighted by atomic mass is 16.6. The van der Waals surface area contributed by atoms with E-state index in [1.807, 2.05) is 0 Å². The lowest BCUT2D eigenvalue weighted by Crippen LogP contribution is -2.51. The van der Waals surface area contributed by atoms with Crippen LogP contribution in [0.1, 0.15) is 31.1 Å². The molecule has 0 aliphatic carbocycles. The minimum Gasteiger partial charge on any atom is -0.444 e. The Morgan fingerprint density at radius 1 is 0.967 bits per heavy atom. The highest BCUT2D eigenvalue weighted by Gasteiger charge is 2.29. The fourth-order valence-corrected chi connectivity index (χ4v) is 2.79. The fourth-order valence-electron chi connectivity index (χ4n) is 2.79. The minimum atomic E-state index is -0.591. The van der Waals surface area contributed by atoms with Crippen LogP contribution >= 0.6 is 0 Å². The van der Waals surface area contributed by atoms with E-state index in [9.17, 15) is 14.9 Å². The zero-order valence-electron chi connectivity index (χ0n) is 17.1. The lowest BCUT2D eigenvalue weighted by Gasteiger charge is -2.35. The average molecular weight is 406 g/mol. The molecule has 0 spiro atoms. The van der Waals surface area contributed by atoms with Gasteiger partial charge in [0.2, 0.25) is 0 Å². The highest BCUT2D eigenvalue weighted by molar-refractivity contribution is 6.00. The van der Waals surface area contributed by atoms with Crippen LogP contribution in [0, 0.1) is 34.0 Å². The Kier molecular flexibility index (Phi) is 7.01. The van der Waals surface area contributed by atoms with Crippen molar-refractivity contribution in [3.63, 3.8) is 0 Å². The molecule has 1 aromatic carbocycles. The van der Waals surface area contributed by atoms with Gasteiger partial charge in [0.05, 0.1) is 11.3 Å². The first-order valence-electron chi connectivity index (χ1n) is 9.28. The van der Waals surface area contributed by atoms with Gasteiger partial charge in [-0.05, 0) is 32.9 Å². The number of amides is 2. The lowest BCUT2D eigenvalue weighted by atomic mass is 10.1. The van der Waals surface area contributed by atoms with Crippen molar-refractivity contribution in [2.75, 3.05) is 31.5 Å². The predicted octanol–water partition coefficient (Wildman–Crippen LogP) is 2.62. The van der Waals surface area contributed by atoms with Gasteiger partial charge in [-0.3, -0.25) is 4.79 Å². The number of carbonyl (C=O) groups excluding carboxylic acids is 2. The summed E-state index contributed by atoms with van der Waals surface area (Å²) in [6, 6.07) is 11.6. The Bertz CT molecular complexity index is 964. The van der Waals surface area contributed by atoms with E-state index < -0.39 is 11.7 Å². The molecule has 2 rings (SSSR count). The number of nitrogens with one attached hydrogen (secondary N) is 1. The zero-order chi connectivity index (χ0) is 22.3. The van der Waals surface area contributed by atoms with Crippen molar-refractivity contribution in [1.29, 1.82) is 15.8 Å². The van der Waals surface area contributed by atoms with Gasteiger partial charge in [0.25, 0.3) is 5.91 Å². The molecule has 30 heavy (non-hydrogen) atoms. The van der Waals surface area contributed by atoms with Gasteiger partial charge in [0, 0.05) is 26.2 Å². The summed E-state index contributed by atoms with van der Waals surface area (Å²) >= 11 is 0. The van der Waals surface area contributed by atoms with Crippen LogP contribution in [-0.4, -0.2) is 53.6 Å². The van der Waals surface area contributed by atoms with Crippen molar-refractivity contribution >= 4 is 17.7 Å². The number of hydrogen-bond acceptors (Lipinski definition) is 7. The number of ether oxygens (including phenoxy) is 1. The van der Waals surface area contributed by atoms with Crippen molar-refractivity contribution in [3.05, 3.63) is 41.1 Å². The van der Waals surface area contributed by atoms with Gasteiger partial charge in [-0.1, -0.05) is 12.1 Å². The number of rotatable bonds is 3. The predicted molar refractivity (Wildman–Crippen MR) is 108 cm³/mol. The Morgan fingerprint density at radius 2 is 1.53 bits per heavy atom. The normalized spacial score (nSPS) is 13.3. The molecular weight excluding hydrogens is 384 g/mol. The number of piperazine rings is 1. The summed E-state index contributed by atoms with van der Waals surface area (Å²) in [6.45, 7) is 6.72. The van der Waals surface area contributed by atoms with Gasteiger partial charge in [-0.2, -0.15) is 15.8 Å². The lowest BCUT2D eigenvalue weighted by molar-refractivity contribution is 0.0141. The molecule has 1 aliphatic rings. The van der Waals surface area contributed by atoms with Crippen LogP contribution < -0.4 is 5.32 Å². The molecule has 2 amide bonds. The summed E-state index contributed by atoms with van der Waals surface area (Å²) in [5.74, 6) is -0.283. The second-order valence-electron chi connectivity index (χ2n) is 7.52. The molecule has 1 heterocycles. The SMILES string of the molecule is CC(C)(C)OC(=O)N1CCN(C(=O)c2ccccc2NC(C#N)=C(C#N)C#N)CC1. The number of anilines is 1. The maximum absolute atomic E-state index is 13.0. The molecule has 0 atom stereocenters. The highest BCUT2D eigenvalue weighted by Crippen LogP contribution is 2.21. The van der Waals surface area contributed by atoms with Crippen LogP contribution in [0.5, 0.6) is 0 Å². The summed E-state index contributed by atoms with van der Waals surface area (Å²) in [7, 11) is 0. The van der Waals surface area contributed by atoms with E-state index in [1.54, 1.807) is 73.0 Å². The Balaban J connectivity index is 2.14. The minimum absolute atomic E-state index is 0.227. The van der Waals surface area contributed by atoms with Gasteiger partial charge in [-0.15, -0.1) is 0 Å². The Morgan fingerprint density at radius 3 is 2.07 bits per heavy atom. The average Bonchev–Trinajstić information content (AvgIpc) is 2.72. The number of para-hydroxylation sites is 1. The van der Waals surface area contributed by atoms with Crippen LogP contribution in [0.3, 0.4) is 0 Å². The van der Waals surface area contributed by atoms with Crippen LogP contribution in [-0.2, 0) is 4.74 Å². The summed E-state index contributed by atoms with van der Waals surface area (Å²) < 4.78 is 5.36. The van der Waals surface area contributed by atoms with Crippen LogP contribution in [0.25, 0.3) is 0 Å². The third-order valence-corrected chi connectivity index (χ3v) is 4.22. The number of nitriles is 3. The van der Waals surface area contributed by atoms with Crippen molar-refractivity contribution in [2.24, 2.45) is 0 Å². The van der Waals surface area contributed by atoms with Gasteiger partial charge >= 0.3 is 6.09 Å². The van der Waals surface area contributed by atoms with E-state index in [0.717, 1.165) is 0 Å². The molecule has 0 aromatic heterocycles. The molecular formula is C21H22N6O3. The largest absolute Gasteiger partial charge is 0.444 e. The maximum atomic E-state index is 13.0. The van der Waals surface area contributed by atoms with Crippen LogP contribution in [0.2, 0.25) is 0 Å². The van der Waals surface area contributed by atoms with Crippen molar-refractivity contribution in [1.82, 2.24) is 9.80 Å². The second kappa shape index (κ2) is 9.45. The fraction of sp³-hybridized carbons (Fsp3) is 0.381. The van der Waals surface area contributed by atoms with Gasteiger partial charge in [0.1, 0.15) is 29.5 Å². The van der Waals surface area contributed by atoms with Crippen LogP contribution in [0.15, 0.2) is 35.5 Å². The number of benzene rings is 1. The van der Waals surface area contributed by atoms with E-state index in [0.29, 0.717) is 37.4 Å². The van der Waals surface area contributed by atoms with E-state index in [1.165, 1.54) is 0 Å². The summed E-state index contributed by atoms with van der Waals surface area (Å²) in [4.78, 5) is 28.4. The number of nitrogens with zero attached hydrogens (tertiary/aromatic N) is 5. The molecule has 0 radical (unpaired) electrons. The molecule has 1 aliphatic heterocycles. The molecule has 1 N–H and O–H groups in total. The number of hydrogen-bond donors (Lipinski definition) is 1. The van der Waals surface area contributed by atoms with Gasteiger partial charge in [-0.25, -0.2) is 4.79 Å². The maximum Gasteiger partial charge on any atom is 0.410 e. The quantitative estimate of drug-likeness (QED) is 0.763. The molecule has 0 unspecified atom stereocenters. The summed E-state index contributed by atoms with van der Waals surface area (Å²) in [5, 5.41) is 29.9. The topological polar surface area (TPSA) is 133 Å². The first kappa shape index (κ1) is 22.3. The standard InChI is InChI=1S/C21H22N6O3/c1-21(2,3)30-20(29)27-10-8-26(9-11-27)19(28)16-6-4-5-7-17(16)25-18(14-24)15(12-22)13-23/h4-7,25H,8-11H2,1-3H3. The van der Waals surface area contributed by atoms with Gasteiger partial charge in [0.15, 0.2) is 5.57 Å². The summed E-state index contributed by atoms with van der Waals surface area (Å²) in [6.07, 6.45) is -0.416. The molecule has 1 fully saturated rings. The van der Waals surface area contributed by atoms with E-state index >= 15 is 0 Å². The van der Waals surface area contributed by atoms with Crippen molar-refractivity contribution in [2.45, 2.75) is 26.4 Å². The molecule has 9 nitrogen and oxygen atoms in total. The first-order chi connectivity index (χ1) is 14.2. The molecule has 0 bridgehead atoms. The van der Waals surface area contributed by atoms with Crippen molar-refractivity contribution in [3.8, 4) is 18.2 Å². The monoisotopic (exact) mass is 406 g/mol. The smallest absolute Gasteiger partial charge is 0.410 e. The number of allylic oxidation sites excluding steroid dienone is 2. The summed E-state index contributed by atoms with van der Waals surface area (Å²) in [5.41, 5.74) is -0.574. The third-order valence-electron chi connectivity index (χ3n) is 4.22. The molecule has 154 valence electrons.